The monoisotopic (exact) mass is 411 g/mol. The molecule has 0 N–H and O–H groups in total. The van der Waals surface area contributed by atoms with Crippen molar-refractivity contribution in [2.45, 2.75) is 136 Å². The number of nitrogens with zero attached hydrogens (tertiary/aromatic N) is 1. The first-order valence-corrected chi connectivity index (χ1v) is 12.7. The average molecular weight is 412 g/mol. The van der Waals surface area contributed by atoms with Crippen LogP contribution in [0.3, 0.4) is 0 Å². The number of carbonyl (C=O) groups is 1. The lowest BCUT2D eigenvalue weighted by atomic mass is 9.72. The van der Waals surface area contributed by atoms with Crippen molar-refractivity contribution < 1.29 is 14.4 Å². The first-order chi connectivity index (χ1) is 13.7. The predicted molar refractivity (Wildman–Crippen MR) is 125 cm³/mol. The number of carboxylic acids is 1. The van der Waals surface area contributed by atoms with E-state index >= 15 is 0 Å². The van der Waals surface area contributed by atoms with Gasteiger partial charge in [0.1, 0.15) is 6.04 Å². The third-order valence-corrected chi connectivity index (χ3v) is 6.61. The molecule has 0 fully saturated rings. The summed E-state index contributed by atoms with van der Waals surface area (Å²) in [5.41, 5.74) is -0.176. The zero-order valence-corrected chi connectivity index (χ0v) is 20.9. The molecule has 0 aliphatic rings. The minimum Gasteiger partial charge on any atom is -0.544 e. The molecule has 0 aromatic rings. The summed E-state index contributed by atoms with van der Waals surface area (Å²) in [6.07, 6.45) is 21.7. The van der Waals surface area contributed by atoms with Crippen LogP contribution in [0.2, 0.25) is 0 Å². The summed E-state index contributed by atoms with van der Waals surface area (Å²) >= 11 is 0. The molecule has 2 atom stereocenters. The molecule has 174 valence electrons. The van der Waals surface area contributed by atoms with E-state index in [-0.39, 0.29) is 5.41 Å². The fraction of sp³-hybridized carbons (Fsp3) is 0.962. The Kier molecular flexibility index (Phi) is 15.8. The topological polar surface area (TPSA) is 40.1 Å². The Labute approximate surface area is 183 Å². The van der Waals surface area contributed by atoms with E-state index in [2.05, 4.69) is 20.8 Å². The van der Waals surface area contributed by atoms with E-state index in [9.17, 15) is 9.90 Å². The van der Waals surface area contributed by atoms with Crippen molar-refractivity contribution in [3.8, 4) is 0 Å². The van der Waals surface area contributed by atoms with E-state index in [1.54, 1.807) is 0 Å². The van der Waals surface area contributed by atoms with Gasteiger partial charge in [0.05, 0.1) is 27.1 Å². The quantitative estimate of drug-likeness (QED) is 0.170. The van der Waals surface area contributed by atoms with Gasteiger partial charge in [-0.1, -0.05) is 117 Å². The third-order valence-electron chi connectivity index (χ3n) is 6.61. The highest BCUT2D eigenvalue weighted by Crippen LogP contribution is 2.38. The molecule has 2 unspecified atom stereocenters. The van der Waals surface area contributed by atoms with Gasteiger partial charge in [-0.25, -0.2) is 0 Å². The first-order valence-electron chi connectivity index (χ1n) is 12.7. The number of unbranched alkanes of at least 4 members (excludes halogenated alkanes) is 13. The third kappa shape index (κ3) is 13.4. The zero-order valence-electron chi connectivity index (χ0n) is 20.9. The minimum atomic E-state index is -0.884. The van der Waals surface area contributed by atoms with Gasteiger partial charge in [-0.2, -0.15) is 0 Å². The fourth-order valence-electron chi connectivity index (χ4n) is 5.06. The largest absolute Gasteiger partial charge is 0.544 e. The first kappa shape index (κ1) is 28.4. The number of hydrogen-bond donors (Lipinski definition) is 0. The Morgan fingerprint density at radius 2 is 1.03 bits per heavy atom. The molecule has 0 amide bonds. The normalized spacial score (nSPS) is 15.2. The molecule has 3 nitrogen and oxygen atoms in total. The molecule has 0 bridgehead atoms. The number of rotatable bonds is 20. The van der Waals surface area contributed by atoms with Crippen LogP contribution in [0.4, 0.5) is 0 Å². The van der Waals surface area contributed by atoms with Crippen molar-refractivity contribution in [3.63, 3.8) is 0 Å². The van der Waals surface area contributed by atoms with Crippen LogP contribution in [0.15, 0.2) is 0 Å². The highest BCUT2D eigenvalue weighted by Gasteiger charge is 2.42. The van der Waals surface area contributed by atoms with Crippen LogP contribution in [0.1, 0.15) is 130 Å². The molecule has 0 saturated carbocycles. The van der Waals surface area contributed by atoms with Gasteiger partial charge in [-0.15, -0.1) is 0 Å². The van der Waals surface area contributed by atoms with E-state index in [4.69, 9.17) is 0 Å². The number of hydrogen-bond acceptors (Lipinski definition) is 2. The van der Waals surface area contributed by atoms with Crippen molar-refractivity contribution in [3.05, 3.63) is 0 Å². The number of aliphatic carboxylic acids is 1. The average Bonchev–Trinajstić information content (AvgIpc) is 2.62. The van der Waals surface area contributed by atoms with Gasteiger partial charge in [0, 0.05) is 5.41 Å². The second-order valence-corrected chi connectivity index (χ2v) is 10.6. The molecule has 0 aliphatic heterocycles. The van der Waals surface area contributed by atoms with E-state index < -0.39 is 12.0 Å². The van der Waals surface area contributed by atoms with Crippen molar-refractivity contribution in [1.29, 1.82) is 0 Å². The van der Waals surface area contributed by atoms with Crippen LogP contribution >= 0.6 is 0 Å². The van der Waals surface area contributed by atoms with Crippen LogP contribution in [-0.2, 0) is 4.79 Å². The summed E-state index contributed by atoms with van der Waals surface area (Å²) in [7, 11) is 5.98. The fourth-order valence-corrected chi connectivity index (χ4v) is 5.06. The molecule has 29 heavy (non-hydrogen) atoms. The Hall–Kier alpha value is -0.570. The molecular weight excluding hydrogens is 358 g/mol. The van der Waals surface area contributed by atoms with Gasteiger partial charge < -0.3 is 14.4 Å². The van der Waals surface area contributed by atoms with Crippen molar-refractivity contribution >= 4 is 5.97 Å². The maximum absolute atomic E-state index is 12.0. The Morgan fingerprint density at radius 1 is 0.690 bits per heavy atom. The highest BCUT2D eigenvalue weighted by molar-refractivity contribution is 5.71. The van der Waals surface area contributed by atoms with Crippen molar-refractivity contribution in [2.75, 3.05) is 21.1 Å². The van der Waals surface area contributed by atoms with Crippen LogP contribution in [0.5, 0.6) is 0 Å². The van der Waals surface area contributed by atoms with Crippen molar-refractivity contribution in [1.82, 2.24) is 0 Å². The predicted octanol–water partition coefficient (Wildman–Crippen LogP) is 6.49. The molecular formula is C26H53NO2. The number of carboxylic acid groups (broad SMARTS) is 1. The molecule has 0 saturated heterocycles. The van der Waals surface area contributed by atoms with E-state index in [1.807, 2.05) is 21.1 Å². The molecule has 0 heterocycles. The van der Waals surface area contributed by atoms with Gasteiger partial charge in [-0.05, 0) is 12.8 Å². The maximum Gasteiger partial charge on any atom is 0.134 e. The maximum atomic E-state index is 12.0. The standard InChI is InChI=1S/C26H53NO2/c1-7-9-11-12-13-14-15-16-17-18-19-20-21-23-26(3,22-10-8-2)24(25(28)29)27(4,5)6/h24H,7-23H2,1-6H3. The Balaban J connectivity index is 4.10. The molecule has 0 rings (SSSR count). The molecule has 0 aromatic heterocycles. The number of likely N-dealkylation sites (N-methyl/N-ethyl adjacent to an activating group) is 1. The number of quaternary nitrogens is 1. The molecule has 0 aliphatic carbocycles. The summed E-state index contributed by atoms with van der Waals surface area (Å²) in [4.78, 5) is 12.0. The Morgan fingerprint density at radius 3 is 1.38 bits per heavy atom. The summed E-state index contributed by atoms with van der Waals surface area (Å²) in [5, 5.41) is 12.0. The Bertz CT molecular complexity index is 402. The van der Waals surface area contributed by atoms with Crippen LogP contribution in [0, 0.1) is 5.41 Å². The minimum absolute atomic E-state index is 0.176. The summed E-state index contributed by atoms with van der Waals surface area (Å²) in [5.74, 6) is -0.884. The zero-order chi connectivity index (χ0) is 22.2. The molecule has 3 heteroatoms. The van der Waals surface area contributed by atoms with E-state index in [1.165, 1.54) is 77.0 Å². The lowest BCUT2D eigenvalue weighted by Crippen LogP contribution is -2.62. The second kappa shape index (κ2) is 16.2. The molecule has 0 aromatic carbocycles. The SMILES string of the molecule is CCCCCCCCCCCCCCCC(C)(CCCC)C(C(=O)[O-])[N+](C)(C)C. The van der Waals surface area contributed by atoms with Crippen LogP contribution in [0.25, 0.3) is 0 Å². The van der Waals surface area contributed by atoms with E-state index in [0.717, 1.165) is 32.1 Å². The van der Waals surface area contributed by atoms with Gasteiger partial charge in [-0.3, -0.25) is 0 Å². The van der Waals surface area contributed by atoms with Crippen LogP contribution in [-0.4, -0.2) is 37.6 Å². The smallest absolute Gasteiger partial charge is 0.134 e. The molecule has 0 radical (unpaired) electrons. The summed E-state index contributed by atoms with van der Waals surface area (Å²) in [6, 6.07) is -0.439. The summed E-state index contributed by atoms with van der Waals surface area (Å²) < 4.78 is 0.445. The summed E-state index contributed by atoms with van der Waals surface area (Å²) in [6.45, 7) is 6.65. The van der Waals surface area contributed by atoms with Gasteiger partial charge in [0.15, 0.2) is 0 Å². The van der Waals surface area contributed by atoms with Gasteiger partial charge in [0.2, 0.25) is 0 Å². The van der Waals surface area contributed by atoms with Gasteiger partial charge >= 0.3 is 0 Å². The highest BCUT2D eigenvalue weighted by atomic mass is 16.4. The lowest BCUT2D eigenvalue weighted by Gasteiger charge is -2.46. The van der Waals surface area contributed by atoms with Gasteiger partial charge in [0.25, 0.3) is 0 Å². The lowest BCUT2D eigenvalue weighted by molar-refractivity contribution is -0.897. The van der Waals surface area contributed by atoms with Crippen molar-refractivity contribution in [2.24, 2.45) is 5.41 Å². The number of carbonyl (C=O) groups excluding carboxylic acids is 1. The second-order valence-electron chi connectivity index (χ2n) is 10.6. The molecule has 0 spiro atoms. The van der Waals surface area contributed by atoms with Crippen LogP contribution < -0.4 is 5.11 Å². The van der Waals surface area contributed by atoms with E-state index in [0.29, 0.717) is 4.48 Å².